The highest BCUT2D eigenvalue weighted by Crippen LogP contribution is 2.23. The minimum absolute atomic E-state index is 0. The molecule has 23 heavy (non-hydrogen) atoms. The lowest BCUT2D eigenvalue weighted by Crippen LogP contribution is -3.00. The summed E-state index contributed by atoms with van der Waals surface area (Å²) in [5.74, 6) is 0. The Kier molecular flexibility index (Phi) is 7.74. The molecule has 0 radical (unpaired) electrons. The fourth-order valence-corrected chi connectivity index (χ4v) is 3.45. The number of benzene rings is 1. The van der Waals surface area contributed by atoms with Crippen LogP contribution in [-0.2, 0) is 13.1 Å². The lowest BCUT2D eigenvalue weighted by molar-refractivity contribution is -0.977. The summed E-state index contributed by atoms with van der Waals surface area (Å²) in [5.41, 5.74) is 2.49. The maximum absolute atomic E-state index is 4.80. The highest BCUT2D eigenvalue weighted by Gasteiger charge is 2.33. The Hall–Kier alpha value is -0.880. The molecule has 0 N–H and O–H groups in total. The summed E-state index contributed by atoms with van der Waals surface area (Å²) in [6, 6.07) is 13.9. The molecule has 4 heteroatoms. The van der Waals surface area contributed by atoms with Crippen LogP contribution in [0.4, 0.5) is 0 Å². The van der Waals surface area contributed by atoms with E-state index in [4.69, 9.17) is 5.10 Å². The maximum atomic E-state index is 4.80. The van der Waals surface area contributed by atoms with Crippen molar-refractivity contribution in [1.29, 1.82) is 0 Å². The lowest BCUT2D eigenvalue weighted by Gasteiger charge is -2.45. The quantitative estimate of drug-likeness (QED) is 0.478. The molecule has 3 nitrogen and oxygen atoms in total. The topological polar surface area (TPSA) is 17.8 Å². The van der Waals surface area contributed by atoms with Crippen LogP contribution in [0.2, 0.25) is 0 Å². The number of rotatable bonds is 7. The Morgan fingerprint density at radius 2 is 1.61 bits per heavy atom. The van der Waals surface area contributed by atoms with Gasteiger partial charge in [0.15, 0.2) is 0 Å². The first-order chi connectivity index (χ1) is 10.5. The molecule has 1 aromatic carbocycles. The van der Waals surface area contributed by atoms with Crippen LogP contribution in [0.3, 0.4) is 0 Å². The SMILES string of the molecule is CC[N+](Cc1ccn(Cc2ccccc2)n1)(C(C)C)C(C)C.[I-]. The molecule has 2 rings (SSSR count). The Morgan fingerprint density at radius 3 is 2.13 bits per heavy atom. The van der Waals surface area contributed by atoms with Crippen molar-refractivity contribution in [3.63, 3.8) is 0 Å². The average Bonchev–Trinajstić information content (AvgIpc) is 2.92. The first kappa shape index (κ1) is 20.2. The van der Waals surface area contributed by atoms with E-state index >= 15 is 0 Å². The number of halogens is 1. The summed E-state index contributed by atoms with van der Waals surface area (Å²) >= 11 is 0. The normalized spacial score (nSPS) is 11.8. The van der Waals surface area contributed by atoms with Crippen molar-refractivity contribution in [2.45, 2.75) is 59.8 Å². The molecular formula is C19H30IN3. The van der Waals surface area contributed by atoms with Crippen molar-refractivity contribution in [2.24, 2.45) is 0 Å². The first-order valence-electron chi connectivity index (χ1n) is 8.40. The van der Waals surface area contributed by atoms with Gasteiger partial charge in [0, 0.05) is 6.20 Å². The van der Waals surface area contributed by atoms with E-state index in [1.807, 2.05) is 0 Å². The molecule has 0 unspecified atom stereocenters. The van der Waals surface area contributed by atoms with Crippen molar-refractivity contribution in [2.75, 3.05) is 6.54 Å². The van der Waals surface area contributed by atoms with Gasteiger partial charge in [-0.2, -0.15) is 5.10 Å². The molecule has 0 amide bonds. The molecule has 0 saturated heterocycles. The van der Waals surface area contributed by atoms with Gasteiger partial charge in [0.2, 0.25) is 0 Å². The van der Waals surface area contributed by atoms with E-state index in [0.717, 1.165) is 24.1 Å². The summed E-state index contributed by atoms with van der Waals surface area (Å²) in [5, 5.41) is 4.80. The van der Waals surface area contributed by atoms with Crippen LogP contribution in [0.25, 0.3) is 0 Å². The average molecular weight is 427 g/mol. The van der Waals surface area contributed by atoms with Crippen molar-refractivity contribution in [3.05, 3.63) is 53.9 Å². The largest absolute Gasteiger partial charge is 1.00 e. The third kappa shape index (κ3) is 4.80. The zero-order valence-corrected chi connectivity index (χ0v) is 17.2. The van der Waals surface area contributed by atoms with E-state index in [-0.39, 0.29) is 24.0 Å². The van der Waals surface area contributed by atoms with Crippen molar-refractivity contribution in [3.8, 4) is 0 Å². The second-order valence-corrected chi connectivity index (χ2v) is 6.76. The number of hydrogen-bond donors (Lipinski definition) is 0. The molecular weight excluding hydrogens is 397 g/mol. The Bertz CT molecular complexity index is 567. The van der Waals surface area contributed by atoms with Crippen LogP contribution in [0.5, 0.6) is 0 Å². The van der Waals surface area contributed by atoms with Crippen LogP contribution in [-0.4, -0.2) is 32.9 Å². The minimum Gasteiger partial charge on any atom is -1.00 e. The Morgan fingerprint density at radius 1 is 1.00 bits per heavy atom. The molecule has 2 aromatic rings. The van der Waals surface area contributed by atoms with Gasteiger partial charge >= 0.3 is 0 Å². The van der Waals surface area contributed by atoms with Gasteiger partial charge in [-0.15, -0.1) is 0 Å². The van der Waals surface area contributed by atoms with Gasteiger partial charge in [-0.1, -0.05) is 30.3 Å². The monoisotopic (exact) mass is 427 g/mol. The van der Waals surface area contributed by atoms with E-state index in [1.54, 1.807) is 0 Å². The predicted molar refractivity (Wildman–Crippen MR) is 92.5 cm³/mol. The number of quaternary nitrogens is 1. The Labute approximate surface area is 158 Å². The first-order valence-corrected chi connectivity index (χ1v) is 8.40. The van der Waals surface area contributed by atoms with Gasteiger partial charge in [-0.25, -0.2) is 0 Å². The highest BCUT2D eigenvalue weighted by atomic mass is 127. The molecule has 1 heterocycles. The van der Waals surface area contributed by atoms with Crippen LogP contribution < -0.4 is 24.0 Å². The molecule has 128 valence electrons. The molecule has 0 spiro atoms. The zero-order chi connectivity index (χ0) is 16.2. The third-order valence-electron chi connectivity index (χ3n) is 4.99. The van der Waals surface area contributed by atoms with Crippen molar-refractivity contribution in [1.82, 2.24) is 9.78 Å². The minimum atomic E-state index is 0. The summed E-state index contributed by atoms with van der Waals surface area (Å²) in [7, 11) is 0. The van der Waals surface area contributed by atoms with E-state index < -0.39 is 0 Å². The highest BCUT2D eigenvalue weighted by molar-refractivity contribution is 5.15. The standard InChI is InChI=1S/C19H30N3.HI/c1-6-22(16(2)3,17(4)5)15-19-12-13-21(20-19)14-18-10-8-7-9-11-18;/h7-13,16-17H,6,14-15H2,1-5H3;1H/q+1;/p-1. The second kappa shape index (κ2) is 8.83. The molecule has 0 aliphatic rings. The number of nitrogens with zero attached hydrogens (tertiary/aromatic N) is 3. The maximum Gasteiger partial charge on any atom is 0.124 e. The van der Waals surface area contributed by atoms with Gasteiger partial charge < -0.3 is 28.5 Å². The van der Waals surface area contributed by atoms with E-state index in [9.17, 15) is 0 Å². The zero-order valence-electron chi connectivity index (χ0n) is 15.0. The van der Waals surface area contributed by atoms with E-state index in [0.29, 0.717) is 12.1 Å². The summed E-state index contributed by atoms with van der Waals surface area (Å²) in [6.07, 6.45) is 2.10. The summed E-state index contributed by atoms with van der Waals surface area (Å²) in [6.45, 7) is 14.6. The molecule has 0 fully saturated rings. The lowest BCUT2D eigenvalue weighted by atomic mass is 10.1. The summed E-state index contributed by atoms with van der Waals surface area (Å²) < 4.78 is 3.14. The predicted octanol–water partition coefficient (Wildman–Crippen LogP) is 1.09. The molecule has 0 aliphatic heterocycles. The fraction of sp³-hybridized carbons (Fsp3) is 0.526. The van der Waals surface area contributed by atoms with Gasteiger partial charge in [-0.05, 0) is 46.2 Å². The van der Waals surface area contributed by atoms with Crippen LogP contribution >= 0.6 is 0 Å². The Balaban J connectivity index is 0.00000264. The van der Waals surface area contributed by atoms with Crippen LogP contribution in [0, 0.1) is 0 Å². The third-order valence-corrected chi connectivity index (χ3v) is 4.99. The second-order valence-electron chi connectivity index (χ2n) is 6.76. The van der Waals surface area contributed by atoms with E-state index in [1.165, 1.54) is 11.3 Å². The number of aromatic nitrogens is 2. The van der Waals surface area contributed by atoms with Gasteiger partial charge in [0.05, 0.1) is 25.2 Å². The van der Waals surface area contributed by atoms with Crippen LogP contribution in [0.15, 0.2) is 42.6 Å². The molecule has 0 atom stereocenters. The van der Waals surface area contributed by atoms with E-state index in [2.05, 4.69) is 81.9 Å². The van der Waals surface area contributed by atoms with Gasteiger partial charge in [0.1, 0.15) is 12.2 Å². The molecule has 0 saturated carbocycles. The molecule has 0 bridgehead atoms. The van der Waals surface area contributed by atoms with Crippen molar-refractivity contribution >= 4 is 0 Å². The summed E-state index contributed by atoms with van der Waals surface area (Å²) in [4.78, 5) is 0. The number of hydrogen-bond acceptors (Lipinski definition) is 1. The van der Waals surface area contributed by atoms with Crippen LogP contribution in [0.1, 0.15) is 45.9 Å². The fourth-order valence-electron chi connectivity index (χ4n) is 3.45. The van der Waals surface area contributed by atoms with Crippen molar-refractivity contribution < 1.29 is 28.5 Å². The smallest absolute Gasteiger partial charge is 0.124 e. The van der Waals surface area contributed by atoms with Gasteiger partial charge in [-0.3, -0.25) is 4.68 Å². The molecule has 0 aliphatic carbocycles. The van der Waals surface area contributed by atoms with Gasteiger partial charge in [0.25, 0.3) is 0 Å². The molecule has 1 aromatic heterocycles.